The summed E-state index contributed by atoms with van der Waals surface area (Å²) in [6, 6.07) is 2.05. The molecule has 2 aromatic heterocycles. The van der Waals surface area contributed by atoms with Crippen molar-refractivity contribution in [3.05, 3.63) is 34.7 Å². The lowest BCUT2D eigenvalue weighted by molar-refractivity contribution is 0.788. The van der Waals surface area contributed by atoms with Crippen molar-refractivity contribution in [2.75, 3.05) is 0 Å². The summed E-state index contributed by atoms with van der Waals surface area (Å²) in [5.74, 6) is 0. The predicted octanol–water partition coefficient (Wildman–Crippen LogP) is 3.04. The van der Waals surface area contributed by atoms with Gasteiger partial charge in [-0.3, -0.25) is 0 Å². The average molecular weight is 284 g/mol. The molecule has 3 nitrogen and oxygen atoms in total. The SMILES string of the molecule is Cc1cc(Br)cnc1Sc1nccn1C. The largest absolute Gasteiger partial charge is 0.329 e. The number of nitrogens with zero attached hydrogens (tertiary/aromatic N) is 3. The fourth-order valence-corrected chi connectivity index (χ4v) is 2.43. The predicted molar refractivity (Wildman–Crippen MR) is 64.0 cm³/mol. The van der Waals surface area contributed by atoms with Crippen molar-refractivity contribution < 1.29 is 0 Å². The molecule has 0 spiro atoms. The summed E-state index contributed by atoms with van der Waals surface area (Å²) in [4.78, 5) is 8.61. The Hall–Kier alpha value is -0.810. The molecule has 0 amide bonds. The number of halogens is 1. The quantitative estimate of drug-likeness (QED) is 0.849. The van der Waals surface area contributed by atoms with Crippen LogP contribution in [0.2, 0.25) is 0 Å². The molecular formula is C10H10BrN3S. The number of hydrogen-bond acceptors (Lipinski definition) is 3. The maximum atomic E-state index is 4.36. The van der Waals surface area contributed by atoms with Gasteiger partial charge in [0.15, 0.2) is 5.16 Å². The van der Waals surface area contributed by atoms with Gasteiger partial charge in [-0.2, -0.15) is 0 Å². The summed E-state index contributed by atoms with van der Waals surface area (Å²) in [7, 11) is 1.98. The summed E-state index contributed by atoms with van der Waals surface area (Å²) in [5.41, 5.74) is 1.15. The number of aromatic nitrogens is 3. The third kappa shape index (κ3) is 2.41. The summed E-state index contributed by atoms with van der Waals surface area (Å²) in [5, 5.41) is 1.94. The molecule has 5 heteroatoms. The fraction of sp³-hybridized carbons (Fsp3) is 0.200. The lowest BCUT2D eigenvalue weighted by Crippen LogP contribution is -1.91. The van der Waals surface area contributed by atoms with E-state index in [0.717, 1.165) is 20.2 Å². The van der Waals surface area contributed by atoms with Crippen molar-refractivity contribution >= 4 is 27.7 Å². The van der Waals surface area contributed by atoms with Crippen LogP contribution in [0.15, 0.2) is 39.3 Å². The molecule has 2 aromatic rings. The monoisotopic (exact) mass is 283 g/mol. The maximum absolute atomic E-state index is 4.36. The topological polar surface area (TPSA) is 30.7 Å². The van der Waals surface area contributed by atoms with E-state index in [0.29, 0.717) is 0 Å². The van der Waals surface area contributed by atoms with Gasteiger partial charge in [0, 0.05) is 30.1 Å². The first-order valence-corrected chi connectivity index (χ1v) is 6.05. The highest BCUT2D eigenvalue weighted by atomic mass is 79.9. The molecule has 0 aliphatic rings. The summed E-state index contributed by atoms with van der Waals surface area (Å²) < 4.78 is 2.98. The highest BCUT2D eigenvalue weighted by Gasteiger charge is 2.06. The lowest BCUT2D eigenvalue weighted by Gasteiger charge is -2.04. The third-order valence-corrected chi connectivity index (χ3v) is 3.59. The molecule has 0 aliphatic carbocycles. The Morgan fingerprint density at radius 2 is 2.20 bits per heavy atom. The minimum atomic E-state index is 0.952. The molecule has 0 saturated carbocycles. The van der Waals surface area contributed by atoms with Crippen molar-refractivity contribution in [2.24, 2.45) is 7.05 Å². The highest BCUT2D eigenvalue weighted by molar-refractivity contribution is 9.10. The summed E-state index contributed by atoms with van der Waals surface area (Å²) >= 11 is 4.97. The third-order valence-electron chi connectivity index (χ3n) is 1.96. The molecule has 0 aromatic carbocycles. The number of pyridine rings is 1. The highest BCUT2D eigenvalue weighted by Crippen LogP contribution is 2.27. The van der Waals surface area contributed by atoms with Gasteiger partial charge in [0.1, 0.15) is 5.03 Å². The van der Waals surface area contributed by atoms with Crippen LogP contribution in [0.4, 0.5) is 0 Å². The number of rotatable bonds is 2. The van der Waals surface area contributed by atoms with Gasteiger partial charge < -0.3 is 4.57 Å². The smallest absolute Gasteiger partial charge is 0.174 e. The van der Waals surface area contributed by atoms with E-state index in [2.05, 4.69) is 32.0 Å². The molecule has 78 valence electrons. The van der Waals surface area contributed by atoms with Gasteiger partial charge in [-0.1, -0.05) is 0 Å². The van der Waals surface area contributed by atoms with Crippen LogP contribution in [0.25, 0.3) is 0 Å². The first-order chi connectivity index (χ1) is 7.16. The summed E-state index contributed by atoms with van der Waals surface area (Å²) in [6.45, 7) is 2.04. The van der Waals surface area contributed by atoms with E-state index in [4.69, 9.17) is 0 Å². The van der Waals surface area contributed by atoms with E-state index in [-0.39, 0.29) is 0 Å². The van der Waals surface area contributed by atoms with Crippen molar-refractivity contribution in [3.8, 4) is 0 Å². The maximum Gasteiger partial charge on any atom is 0.174 e. The molecule has 0 saturated heterocycles. The second kappa shape index (κ2) is 4.37. The van der Waals surface area contributed by atoms with Crippen LogP contribution in [-0.4, -0.2) is 14.5 Å². The minimum Gasteiger partial charge on any atom is -0.329 e. The lowest BCUT2D eigenvalue weighted by atomic mass is 10.3. The van der Waals surface area contributed by atoms with E-state index < -0.39 is 0 Å². The van der Waals surface area contributed by atoms with Gasteiger partial charge in [-0.05, 0) is 46.2 Å². The summed E-state index contributed by atoms with van der Waals surface area (Å²) in [6.07, 6.45) is 5.52. The first kappa shape index (κ1) is 10.7. The Labute approximate surface area is 101 Å². The van der Waals surface area contributed by atoms with E-state index in [1.54, 1.807) is 24.2 Å². The van der Waals surface area contributed by atoms with Crippen LogP contribution in [0.5, 0.6) is 0 Å². The van der Waals surface area contributed by atoms with Gasteiger partial charge in [0.2, 0.25) is 0 Å². The second-order valence-electron chi connectivity index (χ2n) is 3.20. The molecule has 0 aliphatic heterocycles. The van der Waals surface area contributed by atoms with Gasteiger partial charge >= 0.3 is 0 Å². The Balaban J connectivity index is 2.29. The van der Waals surface area contributed by atoms with Crippen LogP contribution in [0.3, 0.4) is 0 Å². The Morgan fingerprint density at radius 1 is 1.40 bits per heavy atom. The van der Waals surface area contributed by atoms with Crippen molar-refractivity contribution in [1.82, 2.24) is 14.5 Å². The van der Waals surface area contributed by atoms with Crippen LogP contribution < -0.4 is 0 Å². The Kier molecular flexibility index (Phi) is 3.11. The van der Waals surface area contributed by atoms with Crippen molar-refractivity contribution in [3.63, 3.8) is 0 Å². The van der Waals surface area contributed by atoms with Gasteiger partial charge in [0.05, 0.1) is 0 Å². The van der Waals surface area contributed by atoms with Gasteiger partial charge in [0.25, 0.3) is 0 Å². The van der Waals surface area contributed by atoms with E-state index in [1.165, 1.54) is 0 Å². The molecule has 0 fully saturated rings. The molecule has 0 radical (unpaired) electrons. The zero-order valence-electron chi connectivity index (χ0n) is 8.44. The minimum absolute atomic E-state index is 0.952. The van der Waals surface area contributed by atoms with E-state index in [9.17, 15) is 0 Å². The van der Waals surface area contributed by atoms with Crippen LogP contribution in [0, 0.1) is 6.92 Å². The Bertz CT molecular complexity index is 481. The molecule has 2 heterocycles. The van der Waals surface area contributed by atoms with E-state index >= 15 is 0 Å². The van der Waals surface area contributed by atoms with Crippen molar-refractivity contribution in [1.29, 1.82) is 0 Å². The number of imidazole rings is 1. The molecule has 0 unspecified atom stereocenters. The fourth-order valence-electron chi connectivity index (χ4n) is 1.17. The van der Waals surface area contributed by atoms with Crippen molar-refractivity contribution in [2.45, 2.75) is 17.1 Å². The number of aryl methyl sites for hydroxylation is 2. The van der Waals surface area contributed by atoms with Gasteiger partial charge in [-0.15, -0.1) is 0 Å². The average Bonchev–Trinajstić information content (AvgIpc) is 2.57. The van der Waals surface area contributed by atoms with Gasteiger partial charge in [-0.25, -0.2) is 9.97 Å². The Morgan fingerprint density at radius 3 is 2.80 bits per heavy atom. The normalized spacial score (nSPS) is 10.6. The molecule has 0 atom stereocenters. The molecule has 0 bridgehead atoms. The zero-order valence-corrected chi connectivity index (χ0v) is 10.8. The molecule has 15 heavy (non-hydrogen) atoms. The standard InChI is InChI=1S/C10H10BrN3S/c1-7-5-8(11)6-13-9(7)15-10-12-3-4-14(10)2/h3-6H,1-2H3. The number of hydrogen-bond donors (Lipinski definition) is 0. The molecular weight excluding hydrogens is 274 g/mol. The molecule has 0 N–H and O–H groups in total. The van der Waals surface area contributed by atoms with E-state index in [1.807, 2.05) is 24.7 Å². The zero-order chi connectivity index (χ0) is 10.8. The molecule has 2 rings (SSSR count). The van der Waals surface area contributed by atoms with Crippen LogP contribution in [-0.2, 0) is 7.05 Å². The van der Waals surface area contributed by atoms with Crippen LogP contribution >= 0.6 is 27.7 Å². The first-order valence-electron chi connectivity index (χ1n) is 4.44. The van der Waals surface area contributed by atoms with Crippen LogP contribution in [0.1, 0.15) is 5.56 Å². The second-order valence-corrected chi connectivity index (χ2v) is 5.07.